The van der Waals surface area contributed by atoms with Gasteiger partial charge in [-0.3, -0.25) is 0 Å². The number of hydrogen-bond acceptors (Lipinski definition) is 2. The van der Waals surface area contributed by atoms with Crippen molar-refractivity contribution in [2.45, 2.75) is 26.3 Å². The lowest BCUT2D eigenvalue weighted by molar-refractivity contribution is 0.0696. The van der Waals surface area contributed by atoms with E-state index in [2.05, 4.69) is 5.10 Å². The van der Waals surface area contributed by atoms with Crippen LogP contribution in [-0.2, 0) is 13.0 Å². The van der Waals surface area contributed by atoms with E-state index in [1.54, 1.807) is 12.1 Å². The molecule has 0 fully saturated rings. The molecule has 0 bridgehead atoms. The fourth-order valence-corrected chi connectivity index (χ4v) is 2.39. The van der Waals surface area contributed by atoms with Crippen molar-refractivity contribution < 1.29 is 9.90 Å². The van der Waals surface area contributed by atoms with Gasteiger partial charge >= 0.3 is 5.97 Å². The Balaban J connectivity index is 2.34. The second-order valence-electron chi connectivity index (χ2n) is 4.45. The molecule has 0 radical (unpaired) electrons. The van der Waals surface area contributed by atoms with Gasteiger partial charge in [0.05, 0.1) is 12.2 Å². The first-order valence-corrected chi connectivity index (χ1v) is 7.01. The average molecular weight is 313 g/mol. The average Bonchev–Trinajstić information content (AvgIpc) is 2.69. The number of carboxylic acids is 1. The number of rotatable bonds is 5. The van der Waals surface area contributed by atoms with Gasteiger partial charge in [0.2, 0.25) is 0 Å². The third kappa shape index (κ3) is 3.14. The molecule has 0 amide bonds. The summed E-state index contributed by atoms with van der Waals surface area (Å²) in [5.74, 6) is -1.04. The van der Waals surface area contributed by atoms with Crippen LogP contribution in [0.25, 0.3) is 0 Å². The summed E-state index contributed by atoms with van der Waals surface area (Å²) in [5, 5.41) is 14.4. The van der Waals surface area contributed by atoms with Crippen LogP contribution < -0.4 is 0 Å². The fourth-order valence-electron chi connectivity index (χ4n) is 1.98. The van der Waals surface area contributed by atoms with Gasteiger partial charge < -0.3 is 5.11 Å². The van der Waals surface area contributed by atoms with E-state index < -0.39 is 5.97 Å². The first-order chi connectivity index (χ1) is 9.52. The lowest BCUT2D eigenvalue weighted by atomic mass is 10.2. The molecule has 2 aromatic rings. The Kier molecular flexibility index (Phi) is 4.68. The zero-order valence-corrected chi connectivity index (χ0v) is 12.4. The van der Waals surface area contributed by atoms with Crippen LogP contribution in [0.3, 0.4) is 0 Å². The van der Waals surface area contributed by atoms with Crippen LogP contribution in [-0.4, -0.2) is 20.9 Å². The van der Waals surface area contributed by atoms with Gasteiger partial charge in [-0.25, -0.2) is 9.48 Å². The number of aromatic nitrogens is 2. The third-order valence-corrected chi connectivity index (χ3v) is 3.55. The minimum Gasteiger partial charge on any atom is -0.478 e. The molecular formula is C14H14Cl2N2O2. The number of carbonyl (C=O) groups is 1. The van der Waals surface area contributed by atoms with E-state index in [0.717, 1.165) is 12.0 Å². The van der Waals surface area contributed by atoms with Gasteiger partial charge in [0.1, 0.15) is 10.7 Å². The Labute approximate surface area is 126 Å². The SMILES string of the molecule is CCCc1nn(Cc2ccc(Cl)cc2)c(Cl)c1C(=O)O. The highest BCUT2D eigenvalue weighted by molar-refractivity contribution is 6.32. The van der Waals surface area contributed by atoms with Crippen molar-refractivity contribution in [2.24, 2.45) is 0 Å². The summed E-state index contributed by atoms with van der Waals surface area (Å²) in [6, 6.07) is 7.28. The van der Waals surface area contributed by atoms with Crippen LogP contribution in [0.2, 0.25) is 10.2 Å². The number of carboxylic acid groups (broad SMARTS) is 1. The van der Waals surface area contributed by atoms with Gasteiger partial charge in [-0.1, -0.05) is 48.7 Å². The third-order valence-electron chi connectivity index (χ3n) is 2.91. The molecule has 0 aliphatic rings. The molecule has 4 nitrogen and oxygen atoms in total. The molecule has 1 aromatic heterocycles. The van der Waals surface area contributed by atoms with E-state index in [1.165, 1.54) is 4.68 Å². The standard InChI is InChI=1S/C14H14Cl2N2O2/c1-2-3-11-12(14(19)20)13(16)18(17-11)8-9-4-6-10(15)7-5-9/h4-7H,2-3,8H2,1H3,(H,19,20). The van der Waals surface area contributed by atoms with E-state index in [9.17, 15) is 9.90 Å². The molecule has 1 aromatic carbocycles. The van der Waals surface area contributed by atoms with Crippen molar-refractivity contribution in [3.05, 3.63) is 51.3 Å². The number of benzene rings is 1. The van der Waals surface area contributed by atoms with Crippen molar-refractivity contribution in [2.75, 3.05) is 0 Å². The highest BCUT2D eigenvalue weighted by atomic mass is 35.5. The van der Waals surface area contributed by atoms with Gasteiger partial charge in [0, 0.05) is 5.02 Å². The lowest BCUT2D eigenvalue weighted by Gasteiger charge is -2.03. The van der Waals surface area contributed by atoms with Gasteiger partial charge in [-0.05, 0) is 24.1 Å². The first kappa shape index (κ1) is 14.9. The molecule has 0 saturated carbocycles. The van der Waals surface area contributed by atoms with E-state index in [1.807, 2.05) is 19.1 Å². The molecule has 2 rings (SSSR count). The molecule has 0 aliphatic carbocycles. The molecule has 0 aliphatic heterocycles. The van der Waals surface area contributed by atoms with E-state index in [4.69, 9.17) is 23.2 Å². The number of nitrogens with zero attached hydrogens (tertiary/aromatic N) is 2. The molecule has 0 spiro atoms. The van der Waals surface area contributed by atoms with Crippen LogP contribution in [0.5, 0.6) is 0 Å². The Hall–Kier alpha value is -1.52. The Bertz CT molecular complexity index is 621. The largest absolute Gasteiger partial charge is 0.478 e. The number of aryl methyl sites for hydroxylation is 1. The van der Waals surface area contributed by atoms with Crippen molar-refractivity contribution in [3.63, 3.8) is 0 Å². The normalized spacial score (nSPS) is 10.8. The van der Waals surface area contributed by atoms with E-state index >= 15 is 0 Å². The smallest absolute Gasteiger partial charge is 0.340 e. The van der Waals surface area contributed by atoms with Gasteiger partial charge in [0.25, 0.3) is 0 Å². The van der Waals surface area contributed by atoms with Crippen molar-refractivity contribution in [1.82, 2.24) is 9.78 Å². The maximum atomic E-state index is 11.3. The van der Waals surface area contributed by atoms with Crippen LogP contribution in [0.1, 0.15) is 35.0 Å². The second kappa shape index (κ2) is 6.29. The van der Waals surface area contributed by atoms with Crippen LogP contribution in [0.15, 0.2) is 24.3 Å². The maximum Gasteiger partial charge on any atom is 0.340 e. The minimum absolute atomic E-state index is 0.0995. The molecular weight excluding hydrogens is 299 g/mol. The first-order valence-electron chi connectivity index (χ1n) is 6.25. The Morgan fingerprint density at radius 3 is 2.50 bits per heavy atom. The molecule has 1 heterocycles. The van der Waals surface area contributed by atoms with Gasteiger partial charge in [-0.15, -0.1) is 0 Å². The predicted octanol–water partition coefficient (Wildman–Crippen LogP) is 3.89. The lowest BCUT2D eigenvalue weighted by Crippen LogP contribution is -2.03. The summed E-state index contributed by atoms with van der Waals surface area (Å²) in [4.78, 5) is 11.3. The number of hydrogen-bond donors (Lipinski definition) is 1. The van der Waals surface area contributed by atoms with Gasteiger partial charge in [-0.2, -0.15) is 5.10 Å². The monoisotopic (exact) mass is 312 g/mol. The summed E-state index contributed by atoms with van der Waals surface area (Å²) in [7, 11) is 0. The summed E-state index contributed by atoms with van der Waals surface area (Å²) in [6.07, 6.45) is 1.41. The zero-order valence-electron chi connectivity index (χ0n) is 10.9. The molecule has 106 valence electrons. The van der Waals surface area contributed by atoms with E-state index in [0.29, 0.717) is 23.7 Å². The molecule has 0 atom stereocenters. The van der Waals surface area contributed by atoms with Crippen LogP contribution in [0, 0.1) is 0 Å². The number of halogens is 2. The zero-order chi connectivity index (χ0) is 14.7. The quantitative estimate of drug-likeness (QED) is 0.911. The number of aromatic carboxylic acids is 1. The Morgan fingerprint density at radius 1 is 1.30 bits per heavy atom. The van der Waals surface area contributed by atoms with Crippen LogP contribution >= 0.6 is 23.2 Å². The summed E-state index contributed by atoms with van der Waals surface area (Å²) in [6.45, 7) is 2.39. The van der Waals surface area contributed by atoms with E-state index in [-0.39, 0.29) is 10.7 Å². The summed E-state index contributed by atoms with van der Waals surface area (Å²) < 4.78 is 1.51. The summed E-state index contributed by atoms with van der Waals surface area (Å²) >= 11 is 12.0. The fraction of sp³-hybridized carbons (Fsp3) is 0.286. The minimum atomic E-state index is -1.04. The maximum absolute atomic E-state index is 11.3. The molecule has 6 heteroatoms. The summed E-state index contributed by atoms with van der Waals surface area (Å²) in [5.41, 5.74) is 1.58. The second-order valence-corrected chi connectivity index (χ2v) is 5.25. The van der Waals surface area contributed by atoms with Crippen LogP contribution in [0.4, 0.5) is 0 Å². The molecule has 20 heavy (non-hydrogen) atoms. The molecule has 1 N–H and O–H groups in total. The molecule has 0 unspecified atom stereocenters. The van der Waals surface area contributed by atoms with Crippen molar-refractivity contribution in [1.29, 1.82) is 0 Å². The van der Waals surface area contributed by atoms with Crippen molar-refractivity contribution in [3.8, 4) is 0 Å². The highest BCUT2D eigenvalue weighted by Crippen LogP contribution is 2.23. The van der Waals surface area contributed by atoms with Crippen molar-refractivity contribution >= 4 is 29.2 Å². The highest BCUT2D eigenvalue weighted by Gasteiger charge is 2.21. The molecule has 0 saturated heterocycles. The van der Waals surface area contributed by atoms with Gasteiger partial charge in [0.15, 0.2) is 0 Å². The topological polar surface area (TPSA) is 55.1 Å². The Morgan fingerprint density at radius 2 is 1.95 bits per heavy atom. The predicted molar refractivity (Wildman–Crippen MR) is 78.7 cm³/mol.